The molecule has 5 nitrogen and oxygen atoms in total. The first kappa shape index (κ1) is 17.5. The minimum Gasteiger partial charge on any atom is -0.443 e. The Hall–Kier alpha value is -1.85. The lowest BCUT2D eigenvalue weighted by Gasteiger charge is -2.20. The van der Waals surface area contributed by atoms with Crippen LogP contribution in [0.2, 0.25) is 0 Å². The van der Waals surface area contributed by atoms with Gasteiger partial charge in [0.05, 0.1) is 5.52 Å². The number of nitrogens with zero attached hydrogens (tertiary/aromatic N) is 1. The van der Waals surface area contributed by atoms with E-state index in [0.717, 1.165) is 33.3 Å². The molecule has 0 spiro atoms. The van der Waals surface area contributed by atoms with Crippen LogP contribution in [0.1, 0.15) is 43.2 Å². The molecule has 0 amide bonds. The molecule has 0 aliphatic carbocycles. The van der Waals surface area contributed by atoms with E-state index in [1.807, 2.05) is 46.8 Å². The average Bonchev–Trinajstić information content (AvgIpc) is 2.71. The van der Waals surface area contributed by atoms with Crippen molar-refractivity contribution in [2.75, 3.05) is 6.54 Å². The third-order valence-corrected chi connectivity index (χ3v) is 4.01. The Kier molecular flexibility index (Phi) is 4.82. The number of aryl methyl sites for hydroxylation is 1. The van der Waals surface area contributed by atoms with E-state index in [2.05, 4.69) is 0 Å². The zero-order valence-electron chi connectivity index (χ0n) is 14.7. The molecule has 0 saturated carbocycles. The Labute approximate surface area is 137 Å². The molecule has 126 valence electrons. The number of carbonyl (C=O) groups is 1. The minimum absolute atomic E-state index is 0.366. The molecule has 23 heavy (non-hydrogen) atoms. The third kappa shape index (κ3) is 3.26. The molecule has 1 aromatic carbocycles. The number of rotatable bonds is 3. The number of ether oxygens (including phenoxy) is 1. The van der Waals surface area contributed by atoms with Gasteiger partial charge < -0.3 is 16.2 Å². The van der Waals surface area contributed by atoms with Crippen LogP contribution < -0.4 is 11.5 Å². The molecule has 0 saturated heterocycles. The highest BCUT2D eigenvalue weighted by atomic mass is 16.6. The molecule has 5 heteroatoms. The lowest BCUT2D eigenvalue weighted by molar-refractivity contribution is 0.0541. The van der Waals surface area contributed by atoms with Crippen LogP contribution in [-0.4, -0.2) is 22.8 Å². The summed E-state index contributed by atoms with van der Waals surface area (Å²) in [6, 6.07) is 3.96. The van der Waals surface area contributed by atoms with Gasteiger partial charge in [0, 0.05) is 17.6 Å². The van der Waals surface area contributed by atoms with Crippen molar-refractivity contribution in [2.45, 2.75) is 53.2 Å². The topological polar surface area (TPSA) is 83.3 Å². The summed E-state index contributed by atoms with van der Waals surface area (Å²) in [4.78, 5) is 12.7. The van der Waals surface area contributed by atoms with Crippen molar-refractivity contribution in [2.24, 2.45) is 11.5 Å². The van der Waals surface area contributed by atoms with Crippen LogP contribution in [0.5, 0.6) is 0 Å². The van der Waals surface area contributed by atoms with Gasteiger partial charge in [0.15, 0.2) is 0 Å². The van der Waals surface area contributed by atoms with Crippen molar-refractivity contribution in [3.05, 3.63) is 34.5 Å². The number of benzene rings is 1. The lowest BCUT2D eigenvalue weighted by atomic mass is 9.99. The van der Waals surface area contributed by atoms with E-state index >= 15 is 0 Å². The second-order valence-corrected chi connectivity index (χ2v) is 6.88. The van der Waals surface area contributed by atoms with Crippen LogP contribution in [0.25, 0.3) is 10.9 Å². The summed E-state index contributed by atoms with van der Waals surface area (Å²) in [5.41, 5.74) is 16.2. The van der Waals surface area contributed by atoms with E-state index in [4.69, 9.17) is 16.2 Å². The molecule has 0 aliphatic heterocycles. The van der Waals surface area contributed by atoms with Crippen LogP contribution in [0.4, 0.5) is 4.79 Å². The molecule has 2 aromatic rings. The first-order valence-electron chi connectivity index (χ1n) is 7.97. The molecule has 0 aliphatic rings. The van der Waals surface area contributed by atoms with E-state index in [0.29, 0.717) is 19.5 Å². The van der Waals surface area contributed by atoms with Crippen molar-refractivity contribution in [3.8, 4) is 0 Å². The van der Waals surface area contributed by atoms with E-state index in [1.54, 1.807) is 4.57 Å². The maximum absolute atomic E-state index is 12.7. The zero-order valence-corrected chi connectivity index (χ0v) is 14.7. The van der Waals surface area contributed by atoms with Gasteiger partial charge in [-0.05, 0) is 70.3 Å². The lowest BCUT2D eigenvalue weighted by Crippen LogP contribution is -2.27. The number of hydrogen-bond donors (Lipinski definition) is 2. The summed E-state index contributed by atoms with van der Waals surface area (Å²) in [5, 5.41) is 1.04. The van der Waals surface area contributed by atoms with Gasteiger partial charge >= 0.3 is 6.09 Å². The van der Waals surface area contributed by atoms with Crippen LogP contribution >= 0.6 is 0 Å². The van der Waals surface area contributed by atoms with Gasteiger partial charge in [-0.2, -0.15) is 0 Å². The molecule has 4 N–H and O–H groups in total. The number of fused-ring (bicyclic) bond motifs is 1. The van der Waals surface area contributed by atoms with Gasteiger partial charge in [-0.15, -0.1) is 0 Å². The van der Waals surface area contributed by atoms with Gasteiger partial charge in [0.1, 0.15) is 5.60 Å². The second-order valence-electron chi connectivity index (χ2n) is 6.88. The molecule has 0 atom stereocenters. The maximum Gasteiger partial charge on any atom is 0.419 e. The number of hydrogen-bond acceptors (Lipinski definition) is 4. The molecule has 0 fully saturated rings. The Morgan fingerprint density at radius 2 is 1.83 bits per heavy atom. The summed E-state index contributed by atoms with van der Waals surface area (Å²) in [6.45, 7) is 10.5. The standard InChI is InChI=1S/C18H27N3O2/c1-11-6-7-15-16(14(11)10-20)13(8-9-19)12(2)21(15)17(22)23-18(3,4)5/h6-7H,8-10,19-20H2,1-5H3. The van der Waals surface area contributed by atoms with Crippen molar-refractivity contribution in [1.82, 2.24) is 4.57 Å². The summed E-state index contributed by atoms with van der Waals surface area (Å²) >= 11 is 0. The monoisotopic (exact) mass is 317 g/mol. The SMILES string of the molecule is Cc1ccc2c(c1CN)c(CCN)c(C)n2C(=O)OC(C)(C)C. The highest BCUT2D eigenvalue weighted by molar-refractivity contribution is 5.96. The third-order valence-electron chi connectivity index (χ3n) is 4.01. The van der Waals surface area contributed by atoms with Gasteiger partial charge in [-0.25, -0.2) is 9.36 Å². The fourth-order valence-electron chi connectivity index (χ4n) is 3.02. The number of nitrogens with two attached hydrogens (primary N) is 2. The van der Waals surface area contributed by atoms with Crippen LogP contribution in [0.15, 0.2) is 12.1 Å². The molecular weight excluding hydrogens is 290 g/mol. The molecule has 0 radical (unpaired) electrons. The van der Waals surface area contributed by atoms with Crippen molar-refractivity contribution >= 4 is 17.0 Å². The Morgan fingerprint density at radius 3 is 2.35 bits per heavy atom. The average molecular weight is 317 g/mol. The zero-order chi connectivity index (χ0) is 17.4. The van der Waals surface area contributed by atoms with E-state index < -0.39 is 5.60 Å². The summed E-state index contributed by atoms with van der Waals surface area (Å²) in [6.07, 6.45) is 0.337. The van der Waals surface area contributed by atoms with Crippen LogP contribution in [0, 0.1) is 13.8 Å². The highest BCUT2D eigenvalue weighted by Gasteiger charge is 2.24. The number of aromatic nitrogens is 1. The predicted octanol–water partition coefficient (Wildman–Crippen LogP) is 3.00. The molecule has 2 rings (SSSR count). The molecule has 0 unspecified atom stereocenters. The molecule has 1 heterocycles. The Balaban J connectivity index is 2.76. The fourth-order valence-corrected chi connectivity index (χ4v) is 3.02. The van der Waals surface area contributed by atoms with E-state index in [1.165, 1.54) is 0 Å². The minimum atomic E-state index is -0.546. The smallest absolute Gasteiger partial charge is 0.419 e. The quantitative estimate of drug-likeness (QED) is 0.911. The first-order valence-corrected chi connectivity index (χ1v) is 7.97. The molecular formula is C18H27N3O2. The summed E-state index contributed by atoms with van der Waals surface area (Å²) < 4.78 is 7.21. The van der Waals surface area contributed by atoms with Gasteiger partial charge in [0.25, 0.3) is 0 Å². The maximum atomic E-state index is 12.7. The second kappa shape index (κ2) is 6.34. The van der Waals surface area contributed by atoms with Gasteiger partial charge in [0.2, 0.25) is 0 Å². The van der Waals surface area contributed by atoms with E-state index in [9.17, 15) is 4.79 Å². The Morgan fingerprint density at radius 1 is 1.17 bits per heavy atom. The van der Waals surface area contributed by atoms with Crippen molar-refractivity contribution in [1.29, 1.82) is 0 Å². The van der Waals surface area contributed by atoms with Gasteiger partial charge in [-0.1, -0.05) is 6.07 Å². The summed E-state index contributed by atoms with van der Waals surface area (Å²) in [5.74, 6) is 0. The van der Waals surface area contributed by atoms with Crippen molar-refractivity contribution in [3.63, 3.8) is 0 Å². The first-order chi connectivity index (χ1) is 10.7. The normalized spacial score (nSPS) is 12.0. The predicted molar refractivity (Wildman–Crippen MR) is 93.7 cm³/mol. The number of carbonyl (C=O) groups excluding carboxylic acids is 1. The highest BCUT2D eigenvalue weighted by Crippen LogP contribution is 2.31. The Bertz CT molecular complexity index is 739. The largest absolute Gasteiger partial charge is 0.443 e. The van der Waals surface area contributed by atoms with Crippen LogP contribution in [-0.2, 0) is 17.7 Å². The summed E-state index contributed by atoms with van der Waals surface area (Å²) in [7, 11) is 0. The van der Waals surface area contributed by atoms with Gasteiger partial charge in [-0.3, -0.25) is 0 Å². The molecule has 0 bridgehead atoms. The van der Waals surface area contributed by atoms with Crippen molar-refractivity contribution < 1.29 is 9.53 Å². The van der Waals surface area contributed by atoms with Crippen LogP contribution in [0.3, 0.4) is 0 Å². The van der Waals surface area contributed by atoms with E-state index in [-0.39, 0.29) is 6.09 Å². The fraction of sp³-hybridized carbons (Fsp3) is 0.500. The molecule has 1 aromatic heterocycles.